The number of thiophene rings is 2. The Kier molecular flexibility index (Phi) is 1.51. The van der Waals surface area contributed by atoms with Gasteiger partial charge in [0.15, 0.2) is 0 Å². The van der Waals surface area contributed by atoms with Crippen LogP contribution in [0.1, 0.15) is 0 Å². The van der Waals surface area contributed by atoms with Crippen molar-refractivity contribution in [2.24, 2.45) is 0 Å². The van der Waals surface area contributed by atoms with Crippen molar-refractivity contribution in [2.75, 3.05) is 0 Å². The van der Waals surface area contributed by atoms with Crippen LogP contribution < -0.4 is 0 Å². The van der Waals surface area contributed by atoms with E-state index in [9.17, 15) is 0 Å². The molecule has 0 aliphatic carbocycles. The van der Waals surface area contributed by atoms with Crippen LogP contribution in [0.5, 0.6) is 0 Å². The third-order valence-electron chi connectivity index (χ3n) is 4.37. The molecule has 0 fully saturated rings. The van der Waals surface area contributed by atoms with Gasteiger partial charge in [0.25, 0.3) is 0 Å². The van der Waals surface area contributed by atoms with Crippen LogP contribution >= 0.6 is 22.7 Å². The van der Waals surface area contributed by atoms with E-state index in [-0.39, 0.29) is 0 Å². The molecule has 0 aliphatic heterocycles. The van der Waals surface area contributed by atoms with E-state index in [4.69, 9.17) is 0 Å². The van der Waals surface area contributed by atoms with E-state index < -0.39 is 0 Å². The van der Waals surface area contributed by atoms with Gasteiger partial charge in [0.05, 0.1) is 0 Å². The molecule has 6 rings (SSSR count). The van der Waals surface area contributed by atoms with Gasteiger partial charge in [-0.25, -0.2) is 0 Å². The molecule has 92 valence electrons. The molecule has 0 radical (unpaired) electrons. The van der Waals surface area contributed by atoms with E-state index in [0.717, 1.165) is 0 Å². The monoisotopic (exact) mass is 288 g/mol. The summed E-state index contributed by atoms with van der Waals surface area (Å²) in [7, 11) is 0. The maximum absolute atomic E-state index is 2.38. The zero-order valence-electron chi connectivity index (χ0n) is 10.4. The second-order valence-electron chi connectivity index (χ2n) is 5.41. The fourth-order valence-corrected chi connectivity index (χ4v) is 6.00. The molecule has 0 nitrogen and oxygen atoms in total. The molecule has 0 spiro atoms. The van der Waals surface area contributed by atoms with Gasteiger partial charge in [-0.3, -0.25) is 0 Å². The Morgan fingerprint density at radius 3 is 1.50 bits per heavy atom. The molecule has 20 heavy (non-hydrogen) atoms. The van der Waals surface area contributed by atoms with Crippen LogP contribution in [0.3, 0.4) is 0 Å². The molecule has 0 saturated heterocycles. The molecule has 0 bridgehead atoms. The Hall–Kier alpha value is -1.90. The second-order valence-corrected chi connectivity index (χ2v) is 7.58. The summed E-state index contributed by atoms with van der Waals surface area (Å²) in [6.07, 6.45) is 0. The molecular weight excluding hydrogens is 280 g/mol. The molecule has 0 atom stereocenters. The normalized spacial score (nSPS) is 13.0. The summed E-state index contributed by atoms with van der Waals surface area (Å²) in [5.74, 6) is 0. The molecule has 2 heteroatoms. The average Bonchev–Trinajstić information content (AvgIpc) is 3.00. The topological polar surface area (TPSA) is 0 Å². The summed E-state index contributed by atoms with van der Waals surface area (Å²) < 4.78 is 5.69. The predicted molar refractivity (Wildman–Crippen MR) is 92.1 cm³/mol. The standard InChI is InChI=1S/C18H8S2/c1-3-9-7-13-18-16-10(4-2-6-12(16)20-13)8-14-17(18)15(9)11(5-1)19-14/h1-8H. The van der Waals surface area contributed by atoms with Gasteiger partial charge in [-0.15, -0.1) is 22.7 Å². The number of hydrogen-bond acceptors (Lipinski definition) is 2. The maximum Gasteiger partial charge on any atom is 0.0368 e. The molecule has 0 aliphatic rings. The predicted octanol–water partition coefficient (Wildman–Crippen LogP) is 6.45. The van der Waals surface area contributed by atoms with Crippen LogP contribution in [-0.4, -0.2) is 0 Å². The van der Waals surface area contributed by atoms with Gasteiger partial charge in [-0.1, -0.05) is 24.3 Å². The smallest absolute Gasteiger partial charge is 0.0368 e. The van der Waals surface area contributed by atoms with E-state index in [0.29, 0.717) is 0 Å². The lowest BCUT2D eigenvalue weighted by atomic mass is 9.97. The zero-order valence-corrected chi connectivity index (χ0v) is 12.1. The molecule has 0 saturated carbocycles. The van der Waals surface area contributed by atoms with E-state index in [2.05, 4.69) is 48.5 Å². The van der Waals surface area contributed by atoms with Crippen molar-refractivity contribution >= 4 is 73.8 Å². The summed E-state index contributed by atoms with van der Waals surface area (Å²) in [5.41, 5.74) is 0. The van der Waals surface area contributed by atoms with Gasteiger partial charge in [0, 0.05) is 40.3 Å². The minimum absolute atomic E-state index is 1.39. The number of hydrogen-bond donors (Lipinski definition) is 0. The first kappa shape index (κ1) is 9.92. The summed E-state index contributed by atoms with van der Waals surface area (Å²) in [6, 6.07) is 18.1. The quantitative estimate of drug-likeness (QED) is 0.282. The molecular formula is C18H8S2. The third kappa shape index (κ3) is 0.952. The van der Waals surface area contributed by atoms with E-state index >= 15 is 0 Å². The van der Waals surface area contributed by atoms with Gasteiger partial charge in [-0.2, -0.15) is 0 Å². The van der Waals surface area contributed by atoms with Gasteiger partial charge in [0.1, 0.15) is 0 Å². The highest BCUT2D eigenvalue weighted by Crippen LogP contribution is 2.49. The van der Waals surface area contributed by atoms with Crippen molar-refractivity contribution in [2.45, 2.75) is 0 Å². The lowest BCUT2D eigenvalue weighted by Gasteiger charge is -2.04. The Labute approximate surface area is 122 Å². The van der Waals surface area contributed by atoms with Crippen molar-refractivity contribution in [1.29, 1.82) is 0 Å². The molecule has 0 amide bonds. The van der Waals surface area contributed by atoms with E-state index in [1.807, 2.05) is 22.7 Å². The second kappa shape index (κ2) is 3.05. The largest absolute Gasteiger partial charge is 0.135 e. The molecule has 0 unspecified atom stereocenters. The van der Waals surface area contributed by atoms with Crippen molar-refractivity contribution in [3.05, 3.63) is 48.5 Å². The first-order valence-corrected chi connectivity index (χ1v) is 8.34. The van der Waals surface area contributed by atoms with Crippen LogP contribution in [0.25, 0.3) is 51.1 Å². The summed E-state index contributed by atoms with van der Waals surface area (Å²) in [4.78, 5) is 0. The van der Waals surface area contributed by atoms with Crippen LogP contribution in [0.2, 0.25) is 0 Å². The lowest BCUT2D eigenvalue weighted by Crippen LogP contribution is -1.77. The minimum Gasteiger partial charge on any atom is -0.135 e. The molecule has 4 aromatic carbocycles. The maximum atomic E-state index is 2.38. The van der Waals surface area contributed by atoms with Crippen molar-refractivity contribution < 1.29 is 0 Å². The Balaban J connectivity index is 2.19. The first-order valence-electron chi connectivity index (χ1n) is 6.71. The fraction of sp³-hybridized carbons (Fsp3) is 0. The molecule has 2 aromatic heterocycles. The third-order valence-corrected chi connectivity index (χ3v) is 6.58. The number of benzene rings is 4. The zero-order chi connectivity index (χ0) is 12.8. The van der Waals surface area contributed by atoms with Crippen molar-refractivity contribution in [1.82, 2.24) is 0 Å². The lowest BCUT2D eigenvalue weighted by molar-refractivity contribution is 1.90. The van der Waals surface area contributed by atoms with Gasteiger partial charge in [0.2, 0.25) is 0 Å². The van der Waals surface area contributed by atoms with E-state index in [1.165, 1.54) is 51.1 Å². The van der Waals surface area contributed by atoms with Crippen molar-refractivity contribution in [3.8, 4) is 0 Å². The highest BCUT2D eigenvalue weighted by Gasteiger charge is 2.18. The van der Waals surface area contributed by atoms with Gasteiger partial charge >= 0.3 is 0 Å². The Bertz CT molecular complexity index is 1140. The summed E-state index contributed by atoms with van der Waals surface area (Å²) in [5, 5.41) is 8.67. The molecule has 6 aromatic rings. The van der Waals surface area contributed by atoms with Gasteiger partial charge in [-0.05, 0) is 35.0 Å². The number of rotatable bonds is 0. The van der Waals surface area contributed by atoms with Crippen LogP contribution in [0.4, 0.5) is 0 Å². The first-order chi connectivity index (χ1) is 9.90. The fourth-order valence-electron chi connectivity index (χ4n) is 3.61. The summed E-state index contributed by atoms with van der Waals surface area (Å²) >= 11 is 3.85. The average molecular weight is 288 g/mol. The van der Waals surface area contributed by atoms with Crippen molar-refractivity contribution in [3.63, 3.8) is 0 Å². The molecule has 2 heterocycles. The van der Waals surface area contributed by atoms with Crippen LogP contribution in [0, 0.1) is 0 Å². The Morgan fingerprint density at radius 1 is 0.500 bits per heavy atom. The van der Waals surface area contributed by atoms with Gasteiger partial charge < -0.3 is 0 Å². The summed E-state index contributed by atoms with van der Waals surface area (Å²) in [6.45, 7) is 0. The van der Waals surface area contributed by atoms with Crippen LogP contribution in [0.15, 0.2) is 48.5 Å². The highest BCUT2D eigenvalue weighted by atomic mass is 32.1. The SMILES string of the molecule is c1cc2cc3sc4cccc5cc6sc(c1)c2c6c3c54. The Morgan fingerprint density at radius 2 is 1.00 bits per heavy atom. The minimum atomic E-state index is 1.39. The highest BCUT2D eigenvalue weighted by molar-refractivity contribution is 7.28. The van der Waals surface area contributed by atoms with Crippen LogP contribution in [-0.2, 0) is 0 Å². The molecule has 0 N–H and O–H groups in total. The van der Waals surface area contributed by atoms with E-state index in [1.54, 1.807) is 0 Å².